The van der Waals surface area contributed by atoms with Crippen LogP contribution < -0.4 is 10.6 Å². The number of nitrogens with one attached hydrogen (secondary N) is 2. The number of amides is 2. The second kappa shape index (κ2) is 19.8. The zero-order chi connectivity index (χ0) is 33.4. The third-order valence-corrected chi connectivity index (χ3v) is 11.0. The summed E-state index contributed by atoms with van der Waals surface area (Å²) in [6.45, 7) is 8.78. The van der Waals surface area contributed by atoms with Gasteiger partial charge in [0.05, 0.1) is 16.7 Å². The van der Waals surface area contributed by atoms with Crippen LogP contribution >= 0.6 is 0 Å². The summed E-state index contributed by atoms with van der Waals surface area (Å²) in [5.74, 6) is 1.39. The maximum absolute atomic E-state index is 13.4. The van der Waals surface area contributed by atoms with Crippen molar-refractivity contribution in [3.8, 4) is 0 Å². The third kappa shape index (κ3) is 13.9. The minimum Gasteiger partial charge on any atom is -0.328 e. The molecular weight excluding hydrogens is 595 g/mol. The predicted octanol–water partition coefficient (Wildman–Crippen LogP) is 9.45. The number of urea groups is 1. The maximum Gasteiger partial charge on any atom is 0.319 e. The van der Waals surface area contributed by atoms with E-state index in [2.05, 4.69) is 43.3 Å². The van der Waals surface area contributed by atoms with E-state index >= 15 is 0 Å². The van der Waals surface area contributed by atoms with Gasteiger partial charge in [0, 0.05) is 24.0 Å². The molecule has 0 spiro atoms. The number of carbonyl (C=O) groups is 2. The molecule has 8 heteroatoms. The first-order valence-electron chi connectivity index (χ1n) is 17.9. The molecule has 3 rings (SSSR count). The Hall–Kier alpha value is -2.74. The highest BCUT2D eigenvalue weighted by Gasteiger charge is 2.27. The van der Waals surface area contributed by atoms with Crippen molar-refractivity contribution in [3.63, 3.8) is 0 Å². The number of nitrogens with zero attached hydrogens (tertiary/aromatic N) is 1. The lowest BCUT2D eigenvalue weighted by Gasteiger charge is -2.27. The first-order chi connectivity index (χ1) is 22.1. The van der Waals surface area contributed by atoms with E-state index in [1.807, 2.05) is 6.07 Å². The van der Waals surface area contributed by atoms with Crippen molar-refractivity contribution in [2.45, 2.75) is 147 Å². The molecule has 1 aliphatic carbocycles. The second-order valence-corrected chi connectivity index (χ2v) is 16.1. The van der Waals surface area contributed by atoms with Crippen LogP contribution in [0, 0.1) is 17.8 Å². The Labute approximate surface area is 279 Å². The van der Waals surface area contributed by atoms with E-state index in [1.165, 1.54) is 57.6 Å². The van der Waals surface area contributed by atoms with Crippen LogP contribution in [0.25, 0.3) is 0 Å². The van der Waals surface area contributed by atoms with Crippen molar-refractivity contribution in [3.05, 3.63) is 53.9 Å². The largest absolute Gasteiger partial charge is 0.328 e. The van der Waals surface area contributed by atoms with Crippen molar-refractivity contribution in [2.75, 3.05) is 5.32 Å². The number of rotatable bonds is 20. The molecule has 2 aromatic rings. The average molecular weight is 654 g/mol. The SMILES string of the molecule is CCCCCCCc1ccc(S(=O)(=O)Cc2ccc(NC(=O)N[C@H](CC3CCCCC3)C(=O)CC(C)CCCC(C)C)cc2)cn1. The molecule has 1 heterocycles. The topological polar surface area (TPSA) is 105 Å². The average Bonchev–Trinajstić information content (AvgIpc) is 3.02. The molecule has 0 bridgehead atoms. The second-order valence-electron chi connectivity index (χ2n) is 14.1. The number of hydrogen-bond donors (Lipinski definition) is 2. The van der Waals surface area contributed by atoms with E-state index < -0.39 is 21.9 Å². The molecule has 2 atom stereocenters. The number of aryl methyl sites for hydroxylation is 1. The molecule has 1 aromatic heterocycles. The van der Waals surface area contributed by atoms with Gasteiger partial charge in [-0.05, 0) is 66.8 Å². The minimum atomic E-state index is -3.56. The molecule has 7 nitrogen and oxygen atoms in total. The van der Waals surface area contributed by atoms with Crippen LogP contribution in [0.15, 0.2) is 47.5 Å². The Morgan fingerprint density at radius 1 is 0.891 bits per heavy atom. The Bertz CT molecular complexity index is 1290. The van der Waals surface area contributed by atoms with Crippen molar-refractivity contribution >= 4 is 27.3 Å². The highest BCUT2D eigenvalue weighted by atomic mass is 32.2. The van der Waals surface area contributed by atoms with Crippen LogP contribution in [0.2, 0.25) is 0 Å². The summed E-state index contributed by atoms with van der Waals surface area (Å²) in [6.07, 6.45) is 18.6. The van der Waals surface area contributed by atoms with Gasteiger partial charge in [-0.15, -0.1) is 0 Å². The molecule has 0 saturated heterocycles. The quantitative estimate of drug-likeness (QED) is 0.139. The van der Waals surface area contributed by atoms with Gasteiger partial charge in [-0.1, -0.05) is 117 Å². The van der Waals surface area contributed by atoms with Crippen molar-refractivity contribution in [2.24, 2.45) is 17.8 Å². The van der Waals surface area contributed by atoms with Crippen LogP contribution in [-0.2, 0) is 26.8 Å². The van der Waals surface area contributed by atoms with Crippen LogP contribution in [0.5, 0.6) is 0 Å². The summed E-state index contributed by atoms with van der Waals surface area (Å²) in [6, 6.07) is 9.42. The molecule has 1 unspecified atom stereocenters. The summed E-state index contributed by atoms with van der Waals surface area (Å²) >= 11 is 0. The number of Topliss-reactive ketones (excluding diaryl/α,β-unsaturated/α-hetero) is 1. The third-order valence-electron chi connectivity index (χ3n) is 9.28. The Kier molecular flexibility index (Phi) is 16.2. The van der Waals surface area contributed by atoms with Crippen LogP contribution in [0.4, 0.5) is 10.5 Å². The molecule has 1 saturated carbocycles. The Morgan fingerprint density at radius 3 is 2.26 bits per heavy atom. The molecule has 0 aliphatic heterocycles. The van der Waals surface area contributed by atoms with Crippen molar-refractivity contribution in [1.29, 1.82) is 0 Å². The number of aromatic nitrogens is 1. The number of anilines is 1. The highest BCUT2D eigenvalue weighted by Crippen LogP contribution is 2.28. The normalized spacial score (nSPS) is 15.4. The predicted molar refractivity (Wildman–Crippen MR) is 189 cm³/mol. The summed E-state index contributed by atoms with van der Waals surface area (Å²) in [5, 5.41) is 5.85. The zero-order valence-electron chi connectivity index (χ0n) is 28.9. The van der Waals surface area contributed by atoms with Gasteiger partial charge in [0.25, 0.3) is 0 Å². The van der Waals surface area contributed by atoms with Crippen LogP contribution in [0.1, 0.15) is 135 Å². The lowest BCUT2D eigenvalue weighted by Crippen LogP contribution is -2.44. The molecule has 2 amide bonds. The van der Waals surface area contributed by atoms with Gasteiger partial charge in [-0.2, -0.15) is 0 Å². The number of carbonyl (C=O) groups excluding carboxylic acids is 2. The number of unbranched alkanes of at least 4 members (excludes halogenated alkanes) is 4. The lowest BCUT2D eigenvalue weighted by atomic mass is 9.82. The summed E-state index contributed by atoms with van der Waals surface area (Å²) < 4.78 is 26.1. The monoisotopic (exact) mass is 653 g/mol. The molecule has 1 aliphatic rings. The van der Waals surface area contributed by atoms with Gasteiger partial charge in [-0.3, -0.25) is 9.78 Å². The molecule has 1 fully saturated rings. The van der Waals surface area contributed by atoms with E-state index in [1.54, 1.807) is 30.3 Å². The number of hydrogen-bond acceptors (Lipinski definition) is 5. The van der Waals surface area contributed by atoms with Gasteiger partial charge < -0.3 is 10.6 Å². The lowest BCUT2D eigenvalue weighted by molar-refractivity contribution is -0.122. The van der Waals surface area contributed by atoms with Crippen molar-refractivity contribution in [1.82, 2.24) is 10.3 Å². The van der Waals surface area contributed by atoms with E-state index in [9.17, 15) is 18.0 Å². The first kappa shape index (κ1) is 37.7. The fraction of sp³-hybridized carbons (Fsp3) is 0.658. The fourth-order valence-electron chi connectivity index (χ4n) is 6.45. The molecule has 0 radical (unpaired) electrons. The maximum atomic E-state index is 13.4. The van der Waals surface area contributed by atoms with Crippen molar-refractivity contribution < 1.29 is 18.0 Å². The van der Waals surface area contributed by atoms with E-state index in [0.717, 1.165) is 44.2 Å². The fourth-order valence-corrected chi connectivity index (χ4v) is 7.74. The molecule has 46 heavy (non-hydrogen) atoms. The zero-order valence-corrected chi connectivity index (χ0v) is 29.7. The smallest absolute Gasteiger partial charge is 0.319 e. The Morgan fingerprint density at radius 2 is 1.61 bits per heavy atom. The standard InChI is InChI=1S/C38H59N3O4S/c1-5-6-7-8-12-18-33-23-24-35(27-39-33)46(44,45)28-32-19-21-34(22-20-32)40-38(43)41-36(26-31-16-10-9-11-17-31)37(42)25-30(4)15-13-14-29(2)3/h19-24,27,29-31,36H,5-18,25-26,28H2,1-4H3,(H2,40,41,43)/t30?,36-/m1/s1. The molecule has 256 valence electrons. The summed E-state index contributed by atoms with van der Waals surface area (Å²) in [4.78, 5) is 31.1. The summed E-state index contributed by atoms with van der Waals surface area (Å²) in [7, 11) is -3.56. The summed E-state index contributed by atoms with van der Waals surface area (Å²) in [5.41, 5.74) is 2.10. The number of ketones is 1. The highest BCUT2D eigenvalue weighted by molar-refractivity contribution is 7.90. The molecule has 2 N–H and O–H groups in total. The van der Waals surface area contributed by atoms with Gasteiger partial charge in [0.2, 0.25) is 0 Å². The van der Waals surface area contributed by atoms with Gasteiger partial charge >= 0.3 is 6.03 Å². The van der Waals surface area contributed by atoms with Gasteiger partial charge in [0.1, 0.15) is 0 Å². The van der Waals surface area contributed by atoms with Crippen LogP contribution in [-0.4, -0.2) is 31.3 Å². The minimum absolute atomic E-state index is 0.118. The molecular formula is C38H59N3O4S. The van der Waals surface area contributed by atoms with Gasteiger partial charge in [0.15, 0.2) is 15.6 Å². The Balaban J connectivity index is 1.54. The molecule has 1 aromatic carbocycles. The number of pyridine rings is 1. The van der Waals surface area contributed by atoms with E-state index in [0.29, 0.717) is 41.8 Å². The van der Waals surface area contributed by atoms with E-state index in [-0.39, 0.29) is 16.4 Å². The van der Waals surface area contributed by atoms with E-state index in [4.69, 9.17) is 0 Å². The first-order valence-corrected chi connectivity index (χ1v) is 19.6. The van der Waals surface area contributed by atoms with Gasteiger partial charge in [-0.25, -0.2) is 13.2 Å². The number of benzene rings is 1. The number of sulfone groups is 1. The van der Waals surface area contributed by atoms with Crippen LogP contribution in [0.3, 0.4) is 0 Å².